The molecule has 0 aliphatic heterocycles. The first-order chi connectivity index (χ1) is 10.0. The summed E-state index contributed by atoms with van der Waals surface area (Å²) in [7, 11) is 0. The Morgan fingerprint density at radius 3 is 2.67 bits per heavy atom. The van der Waals surface area contributed by atoms with Crippen LogP contribution in [0.4, 0.5) is 0 Å². The van der Waals surface area contributed by atoms with Gasteiger partial charge in [0.2, 0.25) is 5.91 Å². The number of thiazole rings is 1. The van der Waals surface area contributed by atoms with Crippen molar-refractivity contribution < 1.29 is 4.79 Å². The molecule has 4 heteroatoms. The molecular formula is C17H22N2OS. The predicted octanol–water partition coefficient (Wildman–Crippen LogP) is 3.82. The third-order valence-corrected chi connectivity index (χ3v) is 4.09. The maximum absolute atomic E-state index is 11.6. The Morgan fingerprint density at radius 1 is 1.29 bits per heavy atom. The number of rotatable bonds is 6. The van der Waals surface area contributed by atoms with Gasteiger partial charge in [-0.25, -0.2) is 4.98 Å². The van der Waals surface area contributed by atoms with E-state index in [1.54, 1.807) is 11.3 Å². The van der Waals surface area contributed by atoms with Gasteiger partial charge >= 0.3 is 0 Å². The van der Waals surface area contributed by atoms with Crippen LogP contribution in [0.1, 0.15) is 31.5 Å². The minimum absolute atomic E-state index is 0.124. The monoisotopic (exact) mass is 302 g/mol. The molecule has 1 amide bonds. The maximum atomic E-state index is 11.6. The smallest absolute Gasteiger partial charge is 0.220 e. The number of carbonyl (C=O) groups excluding carboxylic acids is 1. The van der Waals surface area contributed by atoms with Crippen LogP contribution in [-0.2, 0) is 11.2 Å². The van der Waals surface area contributed by atoms with Gasteiger partial charge in [0, 0.05) is 30.3 Å². The number of aryl methyl sites for hydroxylation is 1. The highest BCUT2D eigenvalue weighted by Crippen LogP contribution is 2.24. The van der Waals surface area contributed by atoms with E-state index in [0.717, 1.165) is 22.7 Å². The van der Waals surface area contributed by atoms with E-state index in [4.69, 9.17) is 0 Å². The van der Waals surface area contributed by atoms with Crippen molar-refractivity contribution in [1.29, 1.82) is 0 Å². The van der Waals surface area contributed by atoms with Crippen LogP contribution < -0.4 is 5.32 Å². The second kappa shape index (κ2) is 7.36. The molecular weight excluding hydrogens is 280 g/mol. The molecule has 0 spiro atoms. The Bertz CT molecular complexity index is 587. The lowest BCUT2D eigenvalue weighted by Crippen LogP contribution is -2.26. The highest BCUT2D eigenvalue weighted by atomic mass is 32.1. The van der Waals surface area contributed by atoms with Crippen LogP contribution in [0.3, 0.4) is 0 Å². The van der Waals surface area contributed by atoms with Crippen molar-refractivity contribution in [2.24, 2.45) is 5.92 Å². The topological polar surface area (TPSA) is 42.0 Å². The van der Waals surface area contributed by atoms with Crippen LogP contribution in [0, 0.1) is 12.8 Å². The van der Waals surface area contributed by atoms with Crippen LogP contribution in [0.25, 0.3) is 10.6 Å². The zero-order valence-corrected chi connectivity index (χ0v) is 13.7. The lowest BCUT2D eigenvalue weighted by molar-refractivity contribution is -0.121. The standard InChI is InChI=1S/C17H22N2OS/c1-12(2)10-16(20)18-9-8-15-11-21-17(19-15)14-6-4-13(3)5-7-14/h4-7,11-12H,8-10H2,1-3H3,(H,18,20). The first-order valence-corrected chi connectivity index (χ1v) is 8.20. The Balaban J connectivity index is 1.86. The number of benzene rings is 1. The number of nitrogens with zero attached hydrogens (tertiary/aromatic N) is 1. The van der Waals surface area contributed by atoms with Crippen LogP contribution in [0.15, 0.2) is 29.6 Å². The molecule has 0 fully saturated rings. The fraction of sp³-hybridized carbons (Fsp3) is 0.412. The molecule has 112 valence electrons. The molecule has 3 nitrogen and oxygen atoms in total. The molecule has 0 unspecified atom stereocenters. The second-order valence-corrected chi connectivity index (χ2v) is 6.57. The molecule has 1 N–H and O–H groups in total. The van der Waals surface area contributed by atoms with Crippen LogP contribution in [-0.4, -0.2) is 17.4 Å². The molecule has 0 atom stereocenters. The molecule has 21 heavy (non-hydrogen) atoms. The van der Waals surface area contributed by atoms with Gasteiger partial charge in [-0.2, -0.15) is 0 Å². The van der Waals surface area contributed by atoms with E-state index in [2.05, 4.69) is 46.9 Å². The van der Waals surface area contributed by atoms with E-state index in [0.29, 0.717) is 18.9 Å². The van der Waals surface area contributed by atoms with Crippen molar-refractivity contribution in [3.8, 4) is 10.6 Å². The van der Waals surface area contributed by atoms with Crippen molar-refractivity contribution in [2.45, 2.75) is 33.6 Å². The van der Waals surface area contributed by atoms with Gasteiger partial charge in [0.1, 0.15) is 5.01 Å². The highest BCUT2D eigenvalue weighted by Gasteiger charge is 2.07. The third kappa shape index (κ3) is 4.97. The second-order valence-electron chi connectivity index (χ2n) is 5.71. The first-order valence-electron chi connectivity index (χ1n) is 7.32. The molecule has 0 saturated heterocycles. The molecule has 2 rings (SSSR count). The number of hydrogen-bond acceptors (Lipinski definition) is 3. The van der Waals surface area contributed by atoms with Crippen molar-refractivity contribution in [3.05, 3.63) is 40.9 Å². The minimum Gasteiger partial charge on any atom is -0.356 e. The Hall–Kier alpha value is -1.68. The normalized spacial score (nSPS) is 10.9. The molecule has 0 aliphatic rings. The Morgan fingerprint density at radius 2 is 2.00 bits per heavy atom. The van der Waals surface area contributed by atoms with Gasteiger partial charge in [-0.15, -0.1) is 11.3 Å². The minimum atomic E-state index is 0.124. The molecule has 0 saturated carbocycles. The van der Waals surface area contributed by atoms with Gasteiger partial charge < -0.3 is 5.32 Å². The molecule has 1 heterocycles. The molecule has 0 bridgehead atoms. The van der Waals surface area contributed by atoms with E-state index in [1.165, 1.54) is 5.56 Å². The fourth-order valence-corrected chi connectivity index (χ4v) is 2.88. The van der Waals surface area contributed by atoms with E-state index in [9.17, 15) is 4.79 Å². The average molecular weight is 302 g/mol. The fourth-order valence-electron chi connectivity index (χ4n) is 2.02. The summed E-state index contributed by atoms with van der Waals surface area (Å²) < 4.78 is 0. The number of nitrogens with one attached hydrogen (secondary N) is 1. The number of amides is 1. The van der Waals surface area contributed by atoms with Gasteiger partial charge in [-0.05, 0) is 12.8 Å². The highest BCUT2D eigenvalue weighted by molar-refractivity contribution is 7.13. The molecule has 0 aliphatic carbocycles. The van der Waals surface area contributed by atoms with Gasteiger partial charge in [0.05, 0.1) is 5.69 Å². The zero-order valence-electron chi connectivity index (χ0n) is 12.8. The van der Waals surface area contributed by atoms with Crippen molar-refractivity contribution in [1.82, 2.24) is 10.3 Å². The first kappa shape index (κ1) is 15.7. The lowest BCUT2D eigenvalue weighted by Gasteiger charge is -2.05. The predicted molar refractivity (Wildman–Crippen MR) is 88.5 cm³/mol. The summed E-state index contributed by atoms with van der Waals surface area (Å²) in [6, 6.07) is 8.40. The summed E-state index contributed by atoms with van der Waals surface area (Å²) >= 11 is 1.65. The average Bonchev–Trinajstić information content (AvgIpc) is 2.87. The molecule has 1 aromatic carbocycles. The van der Waals surface area contributed by atoms with Gasteiger partial charge in [0.15, 0.2) is 0 Å². The molecule has 1 aromatic heterocycles. The van der Waals surface area contributed by atoms with E-state index in [1.807, 2.05) is 13.8 Å². The SMILES string of the molecule is Cc1ccc(-c2nc(CCNC(=O)CC(C)C)cs2)cc1. The van der Waals surface area contributed by atoms with Gasteiger partial charge in [0.25, 0.3) is 0 Å². The van der Waals surface area contributed by atoms with E-state index >= 15 is 0 Å². The van der Waals surface area contributed by atoms with Crippen LogP contribution in [0.2, 0.25) is 0 Å². The van der Waals surface area contributed by atoms with Crippen molar-refractivity contribution in [3.63, 3.8) is 0 Å². The number of hydrogen-bond donors (Lipinski definition) is 1. The summed E-state index contributed by atoms with van der Waals surface area (Å²) in [6.07, 6.45) is 1.37. The van der Waals surface area contributed by atoms with E-state index in [-0.39, 0.29) is 5.91 Å². The lowest BCUT2D eigenvalue weighted by atomic mass is 10.1. The maximum Gasteiger partial charge on any atom is 0.220 e. The van der Waals surface area contributed by atoms with Gasteiger partial charge in [-0.3, -0.25) is 4.79 Å². The zero-order chi connectivity index (χ0) is 15.2. The summed E-state index contributed by atoms with van der Waals surface area (Å²) in [6.45, 7) is 6.83. The van der Waals surface area contributed by atoms with E-state index < -0.39 is 0 Å². The Labute approximate surface area is 130 Å². The summed E-state index contributed by atoms with van der Waals surface area (Å²) in [4.78, 5) is 16.2. The molecule has 2 aromatic rings. The van der Waals surface area contributed by atoms with Gasteiger partial charge in [-0.1, -0.05) is 43.7 Å². The number of aromatic nitrogens is 1. The summed E-state index contributed by atoms with van der Waals surface area (Å²) in [5, 5.41) is 6.06. The van der Waals surface area contributed by atoms with Crippen molar-refractivity contribution in [2.75, 3.05) is 6.54 Å². The van der Waals surface area contributed by atoms with Crippen LogP contribution >= 0.6 is 11.3 Å². The third-order valence-electron chi connectivity index (χ3n) is 3.15. The van der Waals surface area contributed by atoms with Crippen molar-refractivity contribution >= 4 is 17.2 Å². The quantitative estimate of drug-likeness (QED) is 0.881. The summed E-state index contributed by atoms with van der Waals surface area (Å²) in [5.41, 5.74) is 3.45. The number of carbonyl (C=O) groups is 1. The van der Waals surface area contributed by atoms with Crippen LogP contribution in [0.5, 0.6) is 0 Å². The largest absolute Gasteiger partial charge is 0.356 e. The summed E-state index contributed by atoms with van der Waals surface area (Å²) in [5.74, 6) is 0.524. The Kier molecular flexibility index (Phi) is 5.51. The molecule has 0 radical (unpaired) electrons.